The molecule has 0 saturated carbocycles. The van der Waals surface area contributed by atoms with Crippen molar-refractivity contribution in [3.05, 3.63) is 81.0 Å². The molecule has 1 heterocycles. The first-order chi connectivity index (χ1) is 13.3. The van der Waals surface area contributed by atoms with Gasteiger partial charge in [-0.2, -0.15) is 18.4 Å². The lowest BCUT2D eigenvalue weighted by atomic mass is 10.0. The fourth-order valence-corrected chi connectivity index (χ4v) is 3.74. The fraction of sp³-hybridized carbons (Fsp3) is 0.0500. The Kier molecular flexibility index (Phi) is 6.23. The number of nitriles is 1. The van der Waals surface area contributed by atoms with Crippen LogP contribution in [0.3, 0.4) is 0 Å². The van der Waals surface area contributed by atoms with Crippen molar-refractivity contribution in [3.8, 4) is 6.07 Å². The number of furan rings is 1. The van der Waals surface area contributed by atoms with Gasteiger partial charge in [0.1, 0.15) is 5.76 Å². The summed E-state index contributed by atoms with van der Waals surface area (Å²) in [5, 5.41) is 10.6. The van der Waals surface area contributed by atoms with Gasteiger partial charge in [0.15, 0.2) is 5.09 Å². The third-order valence-electron chi connectivity index (χ3n) is 3.63. The average Bonchev–Trinajstić information content (AvgIpc) is 3.00. The van der Waals surface area contributed by atoms with Crippen molar-refractivity contribution in [2.75, 3.05) is 0 Å². The van der Waals surface area contributed by atoms with Crippen LogP contribution in [0.2, 0.25) is 5.02 Å². The van der Waals surface area contributed by atoms with E-state index in [4.69, 9.17) is 16.0 Å². The van der Waals surface area contributed by atoms with Gasteiger partial charge >= 0.3 is 6.18 Å². The molecule has 8 heteroatoms. The third kappa shape index (κ3) is 5.02. The van der Waals surface area contributed by atoms with Gasteiger partial charge in [-0.1, -0.05) is 35.5 Å². The molecule has 0 aliphatic carbocycles. The van der Waals surface area contributed by atoms with Crippen LogP contribution >= 0.6 is 39.3 Å². The third-order valence-corrected chi connectivity index (χ3v) is 5.73. The summed E-state index contributed by atoms with van der Waals surface area (Å²) in [5.41, 5.74) is -0.205. The highest BCUT2D eigenvalue weighted by Crippen LogP contribution is 2.37. The lowest BCUT2D eigenvalue weighted by Crippen LogP contribution is -2.04. The minimum atomic E-state index is -4.42. The number of halogens is 5. The summed E-state index contributed by atoms with van der Waals surface area (Å²) in [6, 6.07) is 15.3. The van der Waals surface area contributed by atoms with E-state index in [1.807, 2.05) is 18.2 Å². The lowest BCUT2D eigenvalue weighted by Gasteiger charge is -2.06. The van der Waals surface area contributed by atoms with Crippen molar-refractivity contribution in [1.82, 2.24) is 0 Å². The Balaban J connectivity index is 1.85. The van der Waals surface area contributed by atoms with Crippen molar-refractivity contribution >= 4 is 50.9 Å². The molecule has 0 atom stereocenters. The molecule has 0 aliphatic heterocycles. The van der Waals surface area contributed by atoms with E-state index < -0.39 is 11.7 Å². The Morgan fingerprint density at radius 2 is 1.75 bits per heavy atom. The second kappa shape index (κ2) is 8.48. The van der Waals surface area contributed by atoms with Crippen LogP contribution in [0.25, 0.3) is 11.6 Å². The van der Waals surface area contributed by atoms with Crippen molar-refractivity contribution in [1.29, 1.82) is 5.26 Å². The minimum absolute atomic E-state index is 0.193. The summed E-state index contributed by atoms with van der Waals surface area (Å²) in [7, 11) is 0. The van der Waals surface area contributed by atoms with E-state index in [0.29, 0.717) is 25.9 Å². The van der Waals surface area contributed by atoms with Gasteiger partial charge < -0.3 is 4.42 Å². The molecule has 0 spiro atoms. The molecule has 0 bridgehead atoms. The maximum Gasteiger partial charge on any atom is 0.416 e. The second-order valence-electron chi connectivity index (χ2n) is 5.59. The molecule has 28 heavy (non-hydrogen) atoms. The number of hydrogen-bond acceptors (Lipinski definition) is 3. The lowest BCUT2D eigenvalue weighted by molar-refractivity contribution is -0.137. The first kappa shape index (κ1) is 20.6. The zero-order valence-corrected chi connectivity index (χ0v) is 17.1. The molecular weight excluding hydrogens is 475 g/mol. The number of nitrogens with zero attached hydrogens (tertiary/aromatic N) is 1. The SMILES string of the molecule is N#C/C(=C/c1cc(Br)c(Sc2ccc(Cl)cc2)o1)c1ccc(C(F)(F)F)cc1. The molecule has 0 unspecified atom stereocenters. The van der Waals surface area contributed by atoms with Crippen LogP contribution in [0.4, 0.5) is 13.2 Å². The monoisotopic (exact) mass is 483 g/mol. The van der Waals surface area contributed by atoms with Crippen molar-refractivity contribution in [3.63, 3.8) is 0 Å². The smallest absolute Gasteiger partial charge is 0.416 e. The largest absolute Gasteiger partial charge is 0.449 e. The number of alkyl halides is 3. The number of hydrogen-bond donors (Lipinski definition) is 0. The quantitative estimate of drug-likeness (QED) is 0.353. The Morgan fingerprint density at radius 3 is 2.32 bits per heavy atom. The highest BCUT2D eigenvalue weighted by molar-refractivity contribution is 9.10. The van der Waals surface area contributed by atoms with Crippen molar-refractivity contribution < 1.29 is 17.6 Å². The van der Waals surface area contributed by atoms with Gasteiger partial charge in [-0.25, -0.2) is 0 Å². The normalized spacial score (nSPS) is 12.1. The maximum absolute atomic E-state index is 12.7. The van der Waals surface area contributed by atoms with Gasteiger partial charge in [-0.15, -0.1) is 0 Å². The molecule has 3 aromatic rings. The second-order valence-corrected chi connectivity index (χ2v) is 7.92. The summed E-state index contributed by atoms with van der Waals surface area (Å²) in [4.78, 5) is 0.915. The Morgan fingerprint density at radius 1 is 1.11 bits per heavy atom. The van der Waals surface area contributed by atoms with Crippen LogP contribution in [0.5, 0.6) is 0 Å². The van der Waals surface area contributed by atoms with Gasteiger partial charge in [0.25, 0.3) is 0 Å². The summed E-state index contributed by atoms with van der Waals surface area (Å²) >= 11 is 10.7. The topological polar surface area (TPSA) is 36.9 Å². The molecule has 2 nitrogen and oxygen atoms in total. The highest BCUT2D eigenvalue weighted by Gasteiger charge is 2.30. The minimum Gasteiger partial charge on any atom is -0.449 e. The van der Waals surface area contributed by atoms with E-state index in [1.54, 1.807) is 18.2 Å². The molecule has 0 N–H and O–H groups in total. The van der Waals surface area contributed by atoms with Crippen LogP contribution in [-0.4, -0.2) is 0 Å². The van der Waals surface area contributed by atoms with Gasteiger partial charge in [0.05, 0.1) is 21.7 Å². The van der Waals surface area contributed by atoms with E-state index >= 15 is 0 Å². The first-order valence-electron chi connectivity index (χ1n) is 7.78. The standard InChI is InChI=1S/C20H10BrClF3NOS/c21-18-10-16(27-19(18)28-17-7-5-15(22)6-8-17)9-13(11-26)12-1-3-14(4-2-12)20(23,24)25/h1-10H/b13-9-. The van der Waals surface area contributed by atoms with E-state index in [1.165, 1.54) is 30.0 Å². The van der Waals surface area contributed by atoms with E-state index in [9.17, 15) is 18.4 Å². The number of rotatable bonds is 4. The number of benzene rings is 2. The molecule has 0 aliphatic rings. The molecule has 1 aromatic heterocycles. The van der Waals surface area contributed by atoms with Crippen LogP contribution in [0.1, 0.15) is 16.9 Å². The van der Waals surface area contributed by atoms with Crippen molar-refractivity contribution in [2.24, 2.45) is 0 Å². The summed E-state index contributed by atoms with van der Waals surface area (Å²) in [6.45, 7) is 0. The fourth-order valence-electron chi connectivity index (χ4n) is 2.28. The van der Waals surface area contributed by atoms with E-state index in [0.717, 1.165) is 17.0 Å². The van der Waals surface area contributed by atoms with Crippen molar-refractivity contribution in [2.45, 2.75) is 16.2 Å². The zero-order valence-electron chi connectivity index (χ0n) is 13.9. The van der Waals surface area contributed by atoms with Gasteiger partial charge in [0.2, 0.25) is 0 Å². The molecular formula is C20H10BrClF3NOS. The van der Waals surface area contributed by atoms with E-state index in [-0.39, 0.29) is 5.57 Å². The Bertz CT molecular complexity index is 1050. The Hall–Kier alpha value is -2.14. The molecule has 0 saturated heterocycles. The zero-order chi connectivity index (χ0) is 20.3. The van der Waals surface area contributed by atoms with Crippen LogP contribution in [-0.2, 0) is 6.18 Å². The molecule has 0 radical (unpaired) electrons. The van der Waals surface area contributed by atoms with Gasteiger partial charge in [-0.3, -0.25) is 0 Å². The Labute approximate surface area is 176 Å². The summed E-state index contributed by atoms with van der Waals surface area (Å²) < 4.78 is 44.5. The van der Waals surface area contributed by atoms with Crippen LogP contribution in [0.15, 0.2) is 73.5 Å². The predicted molar refractivity (Wildman–Crippen MR) is 107 cm³/mol. The van der Waals surface area contributed by atoms with Crippen LogP contribution < -0.4 is 0 Å². The van der Waals surface area contributed by atoms with Crippen LogP contribution in [0, 0.1) is 11.3 Å². The molecule has 142 valence electrons. The van der Waals surface area contributed by atoms with E-state index in [2.05, 4.69) is 15.9 Å². The highest BCUT2D eigenvalue weighted by atomic mass is 79.9. The molecule has 3 rings (SSSR count). The first-order valence-corrected chi connectivity index (χ1v) is 9.77. The summed E-state index contributed by atoms with van der Waals surface area (Å²) in [5.74, 6) is 0.403. The average molecular weight is 485 g/mol. The molecule has 0 fully saturated rings. The maximum atomic E-state index is 12.7. The molecule has 0 amide bonds. The molecule has 2 aromatic carbocycles. The van der Waals surface area contributed by atoms with Gasteiger partial charge in [-0.05, 0) is 70.0 Å². The predicted octanol–water partition coefficient (Wildman–Crippen LogP) is 7.93. The number of allylic oxidation sites excluding steroid dienone is 1. The van der Waals surface area contributed by atoms with Gasteiger partial charge in [0, 0.05) is 9.92 Å². The summed E-state index contributed by atoms with van der Waals surface area (Å²) in [6.07, 6.45) is -2.94.